The molecule has 2 fully saturated rings. The van der Waals surface area contributed by atoms with Crippen molar-refractivity contribution < 1.29 is 4.79 Å². The van der Waals surface area contributed by atoms with Gasteiger partial charge in [-0.3, -0.25) is 4.79 Å². The van der Waals surface area contributed by atoms with Crippen molar-refractivity contribution in [3.8, 4) is 0 Å². The molecule has 0 aromatic carbocycles. The Hall–Kier alpha value is -1.05. The second-order valence-electron chi connectivity index (χ2n) is 8.65. The summed E-state index contributed by atoms with van der Waals surface area (Å²) in [5.41, 5.74) is 1.86. The summed E-state index contributed by atoms with van der Waals surface area (Å²) in [6.07, 6.45) is 13.1. The van der Waals surface area contributed by atoms with Crippen LogP contribution in [0.2, 0.25) is 0 Å². The van der Waals surface area contributed by atoms with Crippen LogP contribution in [0.5, 0.6) is 0 Å². The Kier molecular flexibility index (Phi) is 3.99. The van der Waals surface area contributed by atoms with Crippen molar-refractivity contribution in [1.29, 1.82) is 0 Å². The lowest BCUT2D eigenvalue weighted by atomic mass is 9.71. The lowest BCUT2D eigenvalue weighted by Crippen LogP contribution is -2.47. The smallest absolute Gasteiger partial charge is 0.226 e. The fourth-order valence-electron chi connectivity index (χ4n) is 4.73. The minimum atomic E-state index is 0.144. The van der Waals surface area contributed by atoms with Crippen LogP contribution < -0.4 is 0 Å². The highest BCUT2D eigenvalue weighted by atomic mass is 16.2. The number of carbonyl (C=O) groups is 1. The quantitative estimate of drug-likeness (QED) is 0.684. The van der Waals surface area contributed by atoms with E-state index < -0.39 is 0 Å². The molecule has 2 heteroatoms. The van der Waals surface area contributed by atoms with Gasteiger partial charge in [0, 0.05) is 13.1 Å². The number of allylic oxidation sites excluding steroid dienone is 4. The summed E-state index contributed by atoms with van der Waals surface area (Å²) in [6, 6.07) is 0. The number of carbonyl (C=O) groups excluding carboxylic acids is 1. The minimum absolute atomic E-state index is 0.144. The molecule has 2 aliphatic carbocycles. The van der Waals surface area contributed by atoms with Gasteiger partial charge < -0.3 is 4.90 Å². The van der Waals surface area contributed by atoms with Gasteiger partial charge in [-0.2, -0.15) is 0 Å². The van der Waals surface area contributed by atoms with E-state index in [0.717, 1.165) is 13.1 Å². The average molecular weight is 301 g/mol. The molecular formula is C20H31NO. The van der Waals surface area contributed by atoms with Crippen LogP contribution in [0.15, 0.2) is 23.8 Å². The van der Waals surface area contributed by atoms with Crippen LogP contribution in [0.3, 0.4) is 0 Å². The summed E-state index contributed by atoms with van der Waals surface area (Å²) in [5.74, 6) is 1.06. The molecule has 0 bridgehead atoms. The molecule has 0 radical (unpaired) electrons. The first kappa shape index (κ1) is 15.8. The van der Waals surface area contributed by atoms with Crippen molar-refractivity contribution in [1.82, 2.24) is 4.90 Å². The standard InChI is InChI=1S/C20H31NO/c1-15(2)13-16-17(19(16,3)4)18(22)21-12-8-11-20(14-21)9-6-5-7-10-20/h5-6,13,16-17H,7-12,14H2,1-4H3/t16-,17-,20-/m1/s1. The van der Waals surface area contributed by atoms with E-state index in [4.69, 9.17) is 0 Å². The Morgan fingerprint density at radius 2 is 2.00 bits per heavy atom. The van der Waals surface area contributed by atoms with Gasteiger partial charge >= 0.3 is 0 Å². The highest BCUT2D eigenvalue weighted by molar-refractivity contribution is 5.84. The Morgan fingerprint density at radius 1 is 1.23 bits per heavy atom. The third-order valence-electron chi connectivity index (χ3n) is 6.22. The van der Waals surface area contributed by atoms with Crippen molar-refractivity contribution in [3.63, 3.8) is 0 Å². The molecule has 3 rings (SSSR count). The van der Waals surface area contributed by atoms with Crippen LogP contribution in [0.1, 0.15) is 59.8 Å². The second kappa shape index (κ2) is 5.54. The molecule has 1 aliphatic heterocycles. The number of hydrogen-bond donors (Lipinski definition) is 0. The molecule has 1 amide bonds. The molecule has 2 nitrogen and oxygen atoms in total. The number of nitrogens with zero attached hydrogens (tertiary/aromatic N) is 1. The zero-order valence-electron chi connectivity index (χ0n) is 14.7. The lowest BCUT2D eigenvalue weighted by Gasteiger charge is -2.44. The molecule has 122 valence electrons. The summed E-state index contributed by atoms with van der Waals surface area (Å²) in [5, 5.41) is 0. The monoisotopic (exact) mass is 301 g/mol. The zero-order valence-corrected chi connectivity index (χ0v) is 14.7. The van der Waals surface area contributed by atoms with Crippen LogP contribution in [0.4, 0.5) is 0 Å². The fraction of sp³-hybridized carbons (Fsp3) is 0.750. The summed E-state index contributed by atoms with van der Waals surface area (Å²) >= 11 is 0. The van der Waals surface area contributed by atoms with E-state index in [0.29, 0.717) is 17.2 Å². The van der Waals surface area contributed by atoms with Gasteiger partial charge in [0.25, 0.3) is 0 Å². The molecular weight excluding hydrogens is 270 g/mol. The first-order valence-corrected chi connectivity index (χ1v) is 8.95. The molecule has 1 heterocycles. The largest absolute Gasteiger partial charge is 0.342 e. The van der Waals surface area contributed by atoms with Crippen molar-refractivity contribution in [2.45, 2.75) is 59.8 Å². The third-order valence-corrected chi connectivity index (χ3v) is 6.22. The molecule has 22 heavy (non-hydrogen) atoms. The van der Waals surface area contributed by atoms with Crippen molar-refractivity contribution in [2.24, 2.45) is 22.7 Å². The molecule has 1 saturated heterocycles. The van der Waals surface area contributed by atoms with Gasteiger partial charge in [-0.05, 0) is 62.7 Å². The van der Waals surface area contributed by atoms with Crippen LogP contribution in [-0.2, 0) is 4.79 Å². The number of amides is 1. The first-order chi connectivity index (χ1) is 10.4. The lowest BCUT2D eigenvalue weighted by molar-refractivity contribution is -0.137. The number of piperidine rings is 1. The Balaban J connectivity index is 1.70. The maximum atomic E-state index is 13.1. The molecule has 3 aliphatic rings. The van der Waals surface area contributed by atoms with Crippen molar-refractivity contribution in [3.05, 3.63) is 23.8 Å². The van der Waals surface area contributed by atoms with Gasteiger partial charge in [0.2, 0.25) is 5.91 Å². The summed E-state index contributed by atoms with van der Waals surface area (Å²) < 4.78 is 0. The molecule has 0 unspecified atom stereocenters. The van der Waals surface area contributed by atoms with Crippen LogP contribution in [-0.4, -0.2) is 23.9 Å². The van der Waals surface area contributed by atoms with Crippen molar-refractivity contribution >= 4 is 5.91 Å². The number of likely N-dealkylation sites (tertiary alicyclic amines) is 1. The molecule has 0 N–H and O–H groups in total. The van der Waals surface area contributed by atoms with Gasteiger partial charge in [-0.15, -0.1) is 0 Å². The molecule has 0 aromatic heterocycles. The van der Waals surface area contributed by atoms with Gasteiger partial charge in [0.15, 0.2) is 0 Å². The van der Waals surface area contributed by atoms with E-state index in [-0.39, 0.29) is 11.3 Å². The average Bonchev–Trinajstić information content (AvgIpc) is 2.99. The molecule has 0 aromatic rings. The van der Waals surface area contributed by atoms with E-state index in [9.17, 15) is 4.79 Å². The maximum Gasteiger partial charge on any atom is 0.226 e. The second-order valence-corrected chi connectivity index (χ2v) is 8.65. The predicted molar refractivity (Wildman–Crippen MR) is 91.4 cm³/mol. The van der Waals surface area contributed by atoms with E-state index >= 15 is 0 Å². The number of hydrogen-bond acceptors (Lipinski definition) is 1. The van der Waals surface area contributed by atoms with Gasteiger partial charge in [0.05, 0.1) is 5.92 Å². The SMILES string of the molecule is CC(C)=C[C@@H]1[C@H](C(=O)N2CCC[C@]3(CC=CCC3)C2)C1(C)C. The van der Waals surface area contributed by atoms with E-state index in [1.807, 2.05) is 0 Å². The predicted octanol–water partition coefficient (Wildman–Crippen LogP) is 4.57. The first-order valence-electron chi connectivity index (χ1n) is 8.95. The molecule has 1 spiro atoms. The highest BCUT2D eigenvalue weighted by Gasteiger charge is 2.61. The maximum absolute atomic E-state index is 13.1. The van der Waals surface area contributed by atoms with E-state index in [1.54, 1.807) is 0 Å². The minimum Gasteiger partial charge on any atom is -0.342 e. The zero-order chi connectivity index (χ0) is 16.0. The van der Waals surface area contributed by atoms with Crippen LogP contribution >= 0.6 is 0 Å². The van der Waals surface area contributed by atoms with Gasteiger partial charge in [0.1, 0.15) is 0 Å². The third kappa shape index (κ3) is 2.77. The summed E-state index contributed by atoms with van der Waals surface area (Å²) in [7, 11) is 0. The topological polar surface area (TPSA) is 20.3 Å². The molecule has 1 saturated carbocycles. The Morgan fingerprint density at radius 3 is 2.64 bits per heavy atom. The normalized spacial score (nSPS) is 36.3. The Labute approximate surface area is 135 Å². The van der Waals surface area contributed by atoms with Gasteiger partial charge in [-0.25, -0.2) is 0 Å². The Bertz CT molecular complexity index is 512. The highest BCUT2D eigenvalue weighted by Crippen LogP contribution is 2.60. The van der Waals surface area contributed by atoms with Gasteiger partial charge in [-0.1, -0.05) is 37.6 Å². The fourth-order valence-corrected chi connectivity index (χ4v) is 4.73. The van der Waals surface area contributed by atoms with Crippen LogP contribution in [0, 0.1) is 22.7 Å². The molecule has 3 atom stereocenters. The van der Waals surface area contributed by atoms with E-state index in [2.05, 4.69) is 50.8 Å². The number of rotatable bonds is 2. The van der Waals surface area contributed by atoms with Crippen molar-refractivity contribution in [2.75, 3.05) is 13.1 Å². The van der Waals surface area contributed by atoms with Crippen LogP contribution in [0.25, 0.3) is 0 Å². The summed E-state index contributed by atoms with van der Waals surface area (Å²) in [4.78, 5) is 15.3. The van der Waals surface area contributed by atoms with E-state index in [1.165, 1.54) is 37.7 Å². The summed E-state index contributed by atoms with van der Waals surface area (Å²) in [6.45, 7) is 10.7.